The molecule has 0 aliphatic carbocycles. The summed E-state index contributed by atoms with van der Waals surface area (Å²) in [6.45, 7) is 11.8. The van der Waals surface area contributed by atoms with Gasteiger partial charge in [0.2, 0.25) is 5.91 Å². The van der Waals surface area contributed by atoms with Crippen LogP contribution in [0.2, 0.25) is 0 Å². The Balaban J connectivity index is 2.33. The third kappa shape index (κ3) is 4.97. The van der Waals surface area contributed by atoms with Crippen molar-refractivity contribution >= 4 is 5.91 Å². The van der Waals surface area contributed by atoms with Gasteiger partial charge < -0.3 is 10.2 Å². The molecule has 1 saturated heterocycles. The van der Waals surface area contributed by atoms with E-state index in [1.807, 2.05) is 0 Å². The Morgan fingerprint density at radius 2 is 2.17 bits per heavy atom. The Bertz CT molecular complexity index is 253. The third-order valence-corrected chi connectivity index (χ3v) is 3.85. The van der Waals surface area contributed by atoms with Crippen LogP contribution in [0.4, 0.5) is 0 Å². The van der Waals surface area contributed by atoms with Gasteiger partial charge in [-0.15, -0.1) is 0 Å². The molecule has 3 heteroatoms. The van der Waals surface area contributed by atoms with Crippen molar-refractivity contribution in [3.63, 3.8) is 0 Å². The number of carbonyl (C=O) groups is 1. The molecule has 1 N–H and O–H groups in total. The summed E-state index contributed by atoms with van der Waals surface area (Å²) in [4.78, 5) is 14.1. The molecule has 1 heterocycles. The van der Waals surface area contributed by atoms with E-state index >= 15 is 0 Å². The van der Waals surface area contributed by atoms with Gasteiger partial charge >= 0.3 is 0 Å². The van der Waals surface area contributed by atoms with Gasteiger partial charge in [0.15, 0.2) is 0 Å². The van der Waals surface area contributed by atoms with E-state index in [1.54, 1.807) is 0 Å². The molecule has 1 fully saturated rings. The van der Waals surface area contributed by atoms with Gasteiger partial charge in [0, 0.05) is 25.6 Å². The molecule has 0 aromatic heterocycles. The maximum Gasteiger partial charge on any atom is 0.222 e. The molecule has 1 amide bonds. The van der Waals surface area contributed by atoms with Crippen LogP contribution in [-0.2, 0) is 4.79 Å². The summed E-state index contributed by atoms with van der Waals surface area (Å²) < 4.78 is 0. The first-order chi connectivity index (χ1) is 8.54. The van der Waals surface area contributed by atoms with Crippen molar-refractivity contribution in [2.75, 3.05) is 19.6 Å². The van der Waals surface area contributed by atoms with Crippen molar-refractivity contribution in [1.82, 2.24) is 10.2 Å². The summed E-state index contributed by atoms with van der Waals surface area (Å²) in [6, 6.07) is 0.596. The minimum atomic E-state index is 0.351. The third-order valence-electron chi connectivity index (χ3n) is 3.85. The summed E-state index contributed by atoms with van der Waals surface area (Å²) in [7, 11) is 0. The Kier molecular flexibility index (Phi) is 6.69. The normalized spacial score (nSPS) is 24.6. The lowest BCUT2D eigenvalue weighted by Crippen LogP contribution is -2.50. The molecule has 0 spiro atoms. The fourth-order valence-corrected chi connectivity index (χ4v) is 2.58. The topological polar surface area (TPSA) is 32.3 Å². The fourth-order valence-electron chi connectivity index (χ4n) is 2.58. The summed E-state index contributed by atoms with van der Waals surface area (Å²) in [6.07, 6.45) is 4.02. The predicted molar refractivity (Wildman–Crippen MR) is 76.5 cm³/mol. The van der Waals surface area contributed by atoms with Crippen molar-refractivity contribution in [3.05, 3.63) is 0 Å². The van der Waals surface area contributed by atoms with Crippen LogP contribution >= 0.6 is 0 Å². The Labute approximate surface area is 112 Å². The molecule has 1 aliphatic rings. The van der Waals surface area contributed by atoms with Crippen LogP contribution in [0.5, 0.6) is 0 Å². The molecule has 2 unspecified atom stereocenters. The Morgan fingerprint density at radius 1 is 1.44 bits per heavy atom. The summed E-state index contributed by atoms with van der Waals surface area (Å²) >= 11 is 0. The quantitative estimate of drug-likeness (QED) is 0.790. The molecule has 1 aliphatic heterocycles. The lowest BCUT2D eigenvalue weighted by atomic mass is 9.93. The molecular formula is C15H30N2O. The van der Waals surface area contributed by atoms with Crippen LogP contribution in [-0.4, -0.2) is 36.5 Å². The smallest absolute Gasteiger partial charge is 0.222 e. The van der Waals surface area contributed by atoms with Gasteiger partial charge in [-0.3, -0.25) is 4.79 Å². The zero-order chi connectivity index (χ0) is 13.5. The second-order valence-electron chi connectivity index (χ2n) is 6.10. The Hall–Kier alpha value is -0.570. The molecule has 0 aromatic carbocycles. The highest BCUT2D eigenvalue weighted by Gasteiger charge is 2.27. The molecule has 18 heavy (non-hydrogen) atoms. The van der Waals surface area contributed by atoms with Crippen LogP contribution in [0.25, 0.3) is 0 Å². The van der Waals surface area contributed by atoms with E-state index in [0.717, 1.165) is 38.9 Å². The highest BCUT2D eigenvalue weighted by Crippen LogP contribution is 2.18. The zero-order valence-corrected chi connectivity index (χ0v) is 12.5. The summed E-state index contributed by atoms with van der Waals surface area (Å²) in [5.74, 6) is 1.55. The average Bonchev–Trinajstić information content (AvgIpc) is 2.34. The summed E-state index contributed by atoms with van der Waals surface area (Å²) in [5, 5.41) is 3.59. The lowest BCUT2D eigenvalue weighted by Gasteiger charge is -2.37. The Morgan fingerprint density at radius 3 is 2.72 bits per heavy atom. The number of carbonyl (C=O) groups excluding carboxylic acids is 1. The standard InChI is InChI=1S/C15H30N2O/c1-5-9-16-14-8-10-17(11-13(14)4)15(18)7-6-12(2)3/h12-14,16H,5-11H2,1-4H3. The van der Waals surface area contributed by atoms with Gasteiger partial charge in [-0.1, -0.05) is 27.7 Å². The van der Waals surface area contributed by atoms with E-state index in [4.69, 9.17) is 0 Å². The largest absolute Gasteiger partial charge is 0.342 e. The molecule has 3 nitrogen and oxygen atoms in total. The molecule has 106 valence electrons. The molecule has 0 aromatic rings. The van der Waals surface area contributed by atoms with Gasteiger partial charge in [-0.2, -0.15) is 0 Å². The first-order valence-electron chi connectivity index (χ1n) is 7.55. The van der Waals surface area contributed by atoms with Crippen LogP contribution in [0, 0.1) is 11.8 Å². The highest BCUT2D eigenvalue weighted by atomic mass is 16.2. The molecule has 0 saturated carbocycles. The van der Waals surface area contributed by atoms with Gasteiger partial charge in [0.05, 0.1) is 0 Å². The molecular weight excluding hydrogens is 224 g/mol. The van der Waals surface area contributed by atoms with Gasteiger partial charge in [0.1, 0.15) is 0 Å². The number of piperidine rings is 1. The second kappa shape index (κ2) is 7.78. The maximum atomic E-state index is 12.1. The van der Waals surface area contributed by atoms with Gasteiger partial charge in [0.25, 0.3) is 0 Å². The number of nitrogens with one attached hydrogen (secondary N) is 1. The van der Waals surface area contributed by atoms with E-state index < -0.39 is 0 Å². The fraction of sp³-hybridized carbons (Fsp3) is 0.933. The van der Waals surface area contributed by atoms with Crippen molar-refractivity contribution in [1.29, 1.82) is 0 Å². The van der Waals surface area contributed by atoms with Crippen LogP contribution in [0.3, 0.4) is 0 Å². The van der Waals surface area contributed by atoms with Crippen molar-refractivity contribution in [2.24, 2.45) is 11.8 Å². The molecule has 0 radical (unpaired) electrons. The minimum Gasteiger partial charge on any atom is -0.342 e. The van der Waals surface area contributed by atoms with Crippen LogP contribution in [0.15, 0.2) is 0 Å². The monoisotopic (exact) mass is 254 g/mol. The maximum absolute atomic E-state index is 12.1. The number of likely N-dealkylation sites (tertiary alicyclic amines) is 1. The molecule has 1 rings (SSSR count). The van der Waals surface area contributed by atoms with Crippen LogP contribution in [0.1, 0.15) is 53.4 Å². The number of hydrogen-bond donors (Lipinski definition) is 1. The van der Waals surface area contributed by atoms with E-state index in [2.05, 4.69) is 37.9 Å². The first kappa shape index (κ1) is 15.5. The lowest BCUT2D eigenvalue weighted by molar-refractivity contribution is -0.133. The summed E-state index contributed by atoms with van der Waals surface area (Å²) in [5.41, 5.74) is 0. The van der Waals surface area contributed by atoms with E-state index in [0.29, 0.717) is 23.8 Å². The first-order valence-corrected chi connectivity index (χ1v) is 7.55. The van der Waals surface area contributed by atoms with Gasteiger partial charge in [-0.25, -0.2) is 0 Å². The average molecular weight is 254 g/mol. The van der Waals surface area contributed by atoms with E-state index in [-0.39, 0.29) is 0 Å². The van der Waals surface area contributed by atoms with Crippen molar-refractivity contribution in [2.45, 2.75) is 59.4 Å². The molecule has 0 bridgehead atoms. The number of amides is 1. The SMILES string of the molecule is CCCNC1CCN(C(=O)CCC(C)C)CC1C. The van der Waals surface area contributed by atoms with Gasteiger partial charge in [-0.05, 0) is 37.6 Å². The number of rotatable bonds is 6. The number of nitrogens with zero attached hydrogens (tertiary/aromatic N) is 1. The van der Waals surface area contributed by atoms with E-state index in [1.165, 1.54) is 6.42 Å². The minimum absolute atomic E-state index is 0.351. The highest BCUT2D eigenvalue weighted by molar-refractivity contribution is 5.76. The number of hydrogen-bond acceptors (Lipinski definition) is 2. The molecule has 2 atom stereocenters. The van der Waals surface area contributed by atoms with Crippen molar-refractivity contribution < 1.29 is 4.79 Å². The zero-order valence-electron chi connectivity index (χ0n) is 12.5. The second-order valence-corrected chi connectivity index (χ2v) is 6.10. The van der Waals surface area contributed by atoms with Crippen molar-refractivity contribution in [3.8, 4) is 0 Å². The van der Waals surface area contributed by atoms with E-state index in [9.17, 15) is 4.79 Å². The van der Waals surface area contributed by atoms with Crippen LogP contribution < -0.4 is 5.32 Å². The predicted octanol–water partition coefficient (Wildman–Crippen LogP) is 2.66.